The van der Waals surface area contributed by atoms with Gasteiger partial charge in [0, 0.05) is 45.0 Å². The van der Waals surface area contributed by atoms with E-state index in [1.165, 1.54) is 10.9 Å². The van der Waals surface area contributed by atoms with Crippen molar-refractivity contribution in [1.29, 1.82) is 0 Å². The molecule has 492 valence electrons. The fraction of sp³-hybridized carbons (Fsp3) is 0.593. The number of aliphatic hydroxyl groups excluding tert-OH is 2. The van der Waals surface area contributed by atoms with Crippen molar-refractivity contribution in [3.05, 3.63) is 82.8 Å². The molecule has 0 saturated carbocycles. The van der Waals surface area contributed by atoms with Gasteiger partial charge >= 0.3 is 25.5 Å². The number of halogens is 4. The summed E-state index contributed by atoms with van der Waals surface area (Å²) in [7, 11) is -5.27. The molecule has 0 spiro atoms. The Morgan fingerprint density at radius 3 is 1.87 bits per heavy atom. The third-order valence-electron chi connectivity index (χ3n) is 13.3. The van der Waals surface area contributed by atoms with Crippen LogP contribution in [0.25, 0.3) is 11.0 Å². The van der Waals surface area contributed by atoms with Gasteiger partial charge in [-0.1, -0.05) is 17.3 Å². The van der Waals surface area contributed by atoms with E-state index in [2.05, 4.69) is 30.1 Å². The average molecular weight is 1310 g/mol. The van der Waals surface area contributed by atoms with Crippen LogP contribution in [0, 0.1) is 17.5 Å². The summed E-state index contributed by atoms with van der Waals surface area (Å²) in [6.07, 6.45) is -2.54. The first-order valence-electron chi connectivity index (χ1n) is 28.0. The Kier molecular flexibility index (Phi) is 28.0. The molecule has 3 aromatic heterocycles. The lowest BCUT2D eigenvalue weighted by molar-refractivity contribution is -0.167. The molecule has 0 bridgehead atoms. The molecule has 2 aromatic carbocycles. The zero-order valence-electron chi connectivity index (χ0n) is 48.7. The maximum atomic E-state index is 13.6. The zero-order valence-corrected chi connectivity index (χ0v) is 50.3. The van der Waals surface area contributed by atoms with Crippen LogP contribution in [0.3, 0.4) is 0 Å². The second kappa shape index (κ2) is 35.5. The number of carbonyl (C=O) groups is 3. The van der Waals surface area contributed by atoms with Gasteiger partial charge in [-0.3, -0.25) is 18.9 Å². The minimum atomic E-state index is -5.27. The van der Waals surface area contributed by atoms with Crippen LogP contribution in [0.1, 0.15) is 43.7 Å². The number of aliphatic hydroxyl groups is 2. The molecule has 89 heavy (non-hydrogen) atoms. The van der Waals surface area contributed by atoms with Crippen LogP contribution in [0.2, 0.25) is 5.28 Å². The van der Waals surface area contributed by atoms with Crippen molar-refractivity contribution in [2.24, 2.45) is 0 Å². The fourth-order valence-corrected chi connectivity index (χ4v) is 9.55. The topological polar surface area (TPSA) is 356 Å². The number of hydrogen-bond donors (Lipinski definition) is 4. The van der Waals surface area contributed by atoms with E-state index in [-0.39, 0.29) is 49.7 Å². The molecule has 2 fully saturated rings. The van der Waals surface area contributed by atoms with Gasteiger partial charge in [-0.15, -0.1) is 5.10 Å². The maximum absolute atomic E-state index is 13.6. The van der Waals surface area contributed by atoms with Crippen LogP contribution >= 0.6 is 19.2 Å². The smallest absolute Gasteiger partial charge is 0.361 e. The van der Waals surface area contributed by atoms with E-state index in [4.69, 9.17) is 73.2 Å². The lowest BCUT2D eigenvalue weighted by Gasteiger charge is -2.40. The third kappa shape index (κ3) is 21.2. The molecule has 2 saturated heterocycles. The molecule has 0 unspecified atom stereocenters. The molecule has 0 aliphatic carbocycles. The number of fused-ring (bicyclic) bond motifs is 1. The molecule has 5 heterocycles. The van der Waals surface area contributed by atoms with Crippen molar-refractivity contribution < 1.29 is 118 Å². The molecule has 5 aromatic rings. The van der Waals surface area contributed by atoms with Crippen molar-refractivity contribution in [1.82, 2.24) is 34.7 Å². The van der Waals surface area contributed by atoms with E-state index in [1.54, 1.807) is 10.9 Å². The van der Waals surface area contributed by atoms with Crippen molar-refractivity contribution in [3.8, 4) is 11.5 Å². The van der Waals surface area contributed by atoms with E-state index < -0.39 is 98.4 Å². The van der Waals surface area contributed by atoms with E-state index in [0.29, 0.717) is 140 Å². The van der Waals surface area contributed by atoms with Crippen LogP contribution in [0.15, 0.2) is 48.8 Å². The summed E-state index contributed by atoms with van der Waals surface area (Å²) in [5, 5.41) is 29.9. The van der Waals surface area contributed by atoms with Crippen LogP contribution in [0.5, 0.6) is 11.5 Å². The summed E-state index contributed by atoms with van der Waals surface area (Å²) in [6.45, 7) is 5.80. The van der Waals surface area contributed by atoms with Gasteiger partial charge in [0.1, 0.15) is 35.8 Å². The fourth-order valence-electron chi connectivity index (χ4n) is 8.78. The van der Waals surface area contributed by atoms with Gasteiger partial charge in [-0.2, -0.15) is 15.1 Å². The predicted molar refractivity (Wildman–Crippen MR) is 299 cm³/mol. The van der Waals surface area contributed by atoms with E-state index in [9.17, 15) is 52.1 Å². The molecule has 4 atom stereocenters. The SMILES string of the molecule is CC(=O)O[C@@H]1[C@H](OC(C)=O)[C@@H](COC(CO)(CO)P(=O)(O)O)O[C@H]1n1ncc2c(N3CC(c4ccc(OCCOCCOCCOCCOCc5cn(CCOCCOCCOCCOCCC(=O)Oc6c(F)cc(F)cc6F)nn5)cc4)C3)nc(Cl)nc21. The first-order chi connectivity index (χ1) is 42.9. The summed E-state index contributed by atoms with van der Waals surface area (Å²) >= 11 is 6.46. The highest BCUT2D eigenvalue weighted by atomic mass is 35.5. The Morgan fingerprint density at radius 2 is 1.29 bits per heavy atom. The number of carbonyl (C=O) groups excluding carboxylic acids is 3. The van der Waals surface area contributed by atoms with Gasteiger partial charge in [0.05, 0.1) is 156 Å². The number of esters is 3. The predicted octanol–water partition coefficient (Wildman–Crippen LogP) is 2.44. The van der Waals surface area contributed by atoms with E-state index in [0.717, 1.165) is 19.4 Å². The molecule has 35 heteroatoms. The molecule has 0 radical (unpaired) electrons. The van der Waals surface area contributed by atoms with E-state index in [1.807, 2.05) is 29.2 Å². The summed E-state index contributed by atoms with van der Waals surface area (Å²) in [5.74, 6) is -6.01. The summed E-state index contributed by atoms with van der Waals surface area (Å²) in [6, 6.07) is 8.55. The summed E-state index contributed by atoms with van der Waals surface area (Å²) < 4.78 is 132. The van der Waals surface area contributed by atoms with Gasteiger partial charge < -0.3 is 91.2 Å². The van der Waals surface area contributed by atoms with Crippen molar-refractivity contribution in [2.75, 3.05) is 144 Å². The third-order valence-corrected chi connectivity index (χ3v) is 14.9. The van der Waals surface area contributed by atoms with Gasteiger partial charge in [0.25, 0.3) is 0 Å². The van der Waals surface area contributed by atoms with Crippen molar-refractivity contribution in [2.45, 2.75) is 69.2 Å². The minimum absolute atomic E-state index is 0.0632. The number of ether oxygens (including phenoxy) is 14. The lowest BCUT2D eigenvalue weighted by atomic mass is 9.91. The molecule has 4 N–H and O–H groups in total. The Bertz CT molecular complexity index is 3050. The molecule has 2 aliphatic rings. The number of anilines is 1. The quantitative estimate of drug-likeness (QED) is 0.0143. The molecule has 2 aliphatic heterocycles. The highest BCUT2D eigenvalue weighted by Crippen LogP contribution is 2.51. The number of aromatic nitrogens is 7. The summed E-state index contributed by atoms with van der Waals surface area (Å²) in [5.41, 5.74) is 1.88. The highest BCUT2D eigenvalue weighted by Gasteiger charge is 2.54. The van der Waals surface area contributed by atoms with Crippen LogP contribution in [0.4, 0.5) is 19.0 Å². The van der Waals surface area contributed by atoms with Crippen molar-refractivity contribution >= 4 is 54.0 Å². The average Bonchev–Trinajstić information content (AvgIpc) is 1.66. The molecular formula is C54H71ClF3N8O22P. The molecule has 7 rings (SSSR count). The lowest BCUT2D eigenvalue weighted by Crippen LogP contribution is -2.45. The Morgan fingerprint density at radius 1 is 0.742 bits per heavy atom. The van der Waals surface area contributed by atoms with Gasteiger partial charge in [-0.25, -0.2) is 22.5 Å². The Labute approximate surface area is 512 Å². The number of hydrogen-bond acceptors (Lipinski definition) is 26. The maximum Gasteiger partial charge on any atom is 0.361 e. The minimum Gasteiger partial charge on any atom is -0.491 e. The van der Waals surface area contributed by atoms with Gasteiger partial charge in [0.15, 0.2) is 35.7 Å². The van der Waals surface area contributed by atoms with Gasteiger partial charge in [-0.05, 0) is 29.3 Å². The number of benzene rings is 2. The second-order valence-electron chi connectivity index (χ2n) is 19.7. The van der Waals surface area contributed by atoms with Crippen LogP contribution < -0.4 is 14.4 Å². The highest BCUT2D eigenvalue weighted by molar-refractivity contribution is 7.53. The monoisotopic (exact) mass is 1310 g/mol. The Balaban J connectivity index is 0.679. The van der Waals surface area contributed by atoms with Crippen LogP contribution in [-0.4, -0.2) is 235 Å². The van der Waals surface area contributed by atoms with Gasteiger partial charge in [0.2, 0.25) is 16.4 Å². The molecule has 0 amide bonds. The van der Waals surface area contributed by atoms with E-state index >= 15 is 0 Å². The normalized spacial score (nSPS) is 17.1. The standard InChI is InChI=1S/C54H71ClF3N8O22P/c1-35(69)85-48-45(32-84-54(33-67,34-68)89(72,73)74)87-52(49(48)86-36(2)70)66-51-42(27-59-66)50(60-53(55)61-51)64-28-38(29-64)37-3-5-41(6-4-37)83-24-23-81-20-19-79-17-18-80-21-22-82-31-40-30-65(63-62-40)8-10-76-12-14-78-16-15-77-13-11-75-9-7-46(71)88-47-43(57)25-39(56)26-44(47)58/h3-6,25-27,30,38,45,48-49,52,67-68H,7-24,28-29,31-34H2,1-2H3,(H2,72,73,74)/t45-,48-,49-,52-/m1/s1. The molecular weight excluding hydrogens is 1240 g/mol. The van der Waals surface area contributed by atoms with Crippen LogP contribution in [-0.2, 0) is 88.9 Å². The Hall–Kier alpha value is -6.11. The zero-order chi connectivity index (χ0) is 63.8. The second-order valence-corrected chi connectivity index (χ2v) is 22.0. The summed E-state index contributed by atoms with van der Waals surface area (Å²) in [4.78, 5) is 67.0. The largest absolute Gasteiger partial charge is 0.491 e. The first-order valence-corrected chi connectivity index (χ1v) is 30.0. The number of nitrogens with zero attached hydrogens (tertiary/aromatic N) is 8. The number of rotatable bonds is 42. The van der Waals surface area contributed by atoms with Crippen molar-refractivity contribution in [3.63, 3.8) is 0 Å². The first kappa shape index (κ1) is 70.3. The molecule has 30 nitrogen and oxygen atoms in total.